The van der Waals surface area contributed by atoms with E-state index < -0.39 is 47.9 Å². The molecule has 4 aromatic rings. The monoisotopic (exact) mass is 634 g/mol. The van der Waals surface area contributed by atoms with E-state index >= 15 is 0 Å². The first-order valence-corrected chi connectivity index (χ1v) is 15.5. The second-order valence-electron chi connectivity index (χ2n) is 11.7. The fourth-order valence-electron chi connectivity index (χ4n) is 5.82. The minimum atomic E-state index is -1.40. The molecule has 0 radical (unpaired) electrons. The number of carbonyl (C=O) groups is 4. The molecule has 0 aromatic heterocycles. The van der Waals surface area contributed by atoms with Crippen LogP contribution >= 0.6 is 0 Å². The molecule has 0 fully saturated rings. The third-order valence-electron chi connectivity index (χ3n) is 8.35. The van der Waals surface area contributed by atoms with Gasteiger partial charge in [0.05, 0.1) is 12.1 Å². The molecule has 1 unspecified atom stereocenters. The minimum absolute atomic E-state index is 0.00317. The van der Waals surface area contributed by atoms with Crippen LogP contribution in [0.15, 0.2) is 109 Å². The van der Waals surface area contributed by atoms with Crippen LogP contribution in [0.3, 0.4) is 0 Å². The first kappa shape index (κ1) is 33.1. The van der Waals surface area contributed by atoms with Crippen molar-refractivity contribution in [2.24, 2.45) is 5.73 Å². The van der Waals surface area contributed by atoms with Gasteiger partial charge in [0.25, 0.3) is 0 Å². The number of aromatic hydroxyl groups is 1. The number of nitrogens with zero attached hydrogens (tertiary/aromatic N) is 1. The van der Waals surface area contributed by atoms with Crippen LogP contribution in [-0.2, 0) is 51.4 Å². The number of carbonyl (C=O) groups excluding carboxylic acids is 3. The molecule has 0 spiro atoms. The fraction of sp³-hybridized carbons (Fsp3) is 0.243. The van der Waals surface area contributed by atoms with E-state index in [1.54, 1.807) is 60.7 Å². The summed E-state index contributed by atoms with van der Waals surface area (Å²) in [7, 11) is 0. The quantitative estimate of drug-likeness (QED) is 0.159. The highest BCUT2D eigenvalue weighted by Gasteiger charge is 2.41. The lowest BCUT2D eigenvalue weighted by Crippen LogP contribution is -2.63. The Morgan fingerprint density at radius 3 is 1.94 bits per heavy atom. The van der Waals surface area contributed by atoms with E-state index in [0.717, 1.165) is 16.0 Å². The van der Waals surface area contributed by atoms with Crippen molar-refractivity contribution in [1.29, 1.82) is 0 Å². The number of aliphatic carboxylic acids is 1. The Morgan fingerprint density at radius 1 is 0.766 bits per heavy atom. The molecule has 10 nitrogen and oxygen atoms in total. The van der Waals surface area contributed by atoms with E-state index in [0.29, 0.717) is 23.2 Å². The molecule has 0 aliphatic carbocycles. The Hall–Kier alpha value is -5.32. The predicted molar refractivity (Wildman–Crippen MR) is 176 cm³/mol. The van der Waals surface area contributed by atoms with Gasteiger partial charge < -0.3 is 26.6 Å². The summed E-state index contributed by atoms with van der Waals surface area (Å²) < 4.78 is 0. The van der Waals surface area contributed by atoms with Gasteiger partial charge in [0.1, 0.15) is 17.8 Å². The third kappa shape index (κ3) is 8.49. The van der Waals surface area contributed by atoms with E-state index in [-0.39, 0.29) is 31.4 Å². The van der Waals surface area contributed by atoms with Crippen molar-refractivity contribution >= 4 is 23.7 Å². The molecular formula is C37H38N4O6. The number of hydrogen-bond acceptors (Lipinski definition) is 7. The maximum absolute atomic E-state index is 14.5. The third-order valence-corrected chi connectivity index (χ3v) is 8.35. The molecular weight excluding hydrogens is 596 g/mol. The number of amides is 3. The van der Waals surface area contributed by atoms with Crippen LogP contribution in [0.5, 0.6) is 5.75 Å². The number of carboxylic acid groups (broad SMARTS) is 1. The molecule has 47 heavy (non-hydrogen) atoms. The van der Waals surface area contributed by atoms with Gasteiger partial charge in [-0.15, -0.1) is 0 Å². The van der Waals surface area contributed by atoms with Crippen molar-refractivity contribution in [3.05, 3.63) is 137 Å². The van der Waals surface area contributed by atoms with Crippen molar-refractivity contribution in [2.45, 2.75) is 56.4 Å². The molecule has 4 atom stereocenters. The van der Waals surface area contributed by atoms with Gasteiger partial charge in [0, 0.05) is 19.4 Å². The zero-order valence-corrected chi connectivity index (χ0v) is 25.8. The van der Waals surface area contributed by atoms with Crippen LogP contribution in [0.4, 0.5) is 0 Å². The summed E-state index contributed by atoms with van der Waals surface area (Å²) in [5.74, 6) is -3.38. The normalized spacial score (nSPS) is 15.8. The number of hydrogen-bond donors (Lipinski definition) is 5. The smallest absolute Gasteiger partial charge is 0.326 e. The van der Waals surface area contributed by atoms with Crippen molar-refractivity contribution in [2.75, 3.05) is 0 Å². The van der Waals surface area contributed by atoms with E-state index in [1.807, 2.05) is 36.4 Å². The van der Waals surface area contributed by atoms with E-state index in [9.17, 15) is 29.4 Å². The molecule has 242 valence electrons. The molecule has 4 aromatic carbocycles. The van der Waals surface area contributed by atoms with E-state index in [4.69, 9.17) is 5.73 Å². The zero-order valence-electron chi connectivity index (χ0n) is 25.8. The number of carboxylic acids is 1. The molecule has 0 bridgehead atoms. The van der Waals surface area contributed by atoms with Crippen molar-refractivity contribution in [3.63, 3.8) is 0 Å². The average Bonchev–Trinajstić information content (AvgIpc) is 3.09. The number of imide groups is 1. The lowest BCUT2D eigenvalue weighted by molar-refractivity contribution is -0.154. The lowest BCUT2D eigenvalue weighted by Gasteiger charge is -2.36. The van der Waals surface area contributed by atoms with Crippen molar-refractivity contribution < 1.29 is 29.4 Å². The summed E-state index contributed by atoms with van der Waals surface area (Å²) in [4.78, 5) is 56.2. The zero-order chi connectivity index (χ0) is 33.3. The number of phenols is 1. The van der Waals surface area contributed by atoms with Crippen LogP contribution in [0.2, 0.25) is 0 Å². The lowest BCUT2D eigenvalue weighted by atomic mass is 9.93. The molecule has 3 amide bonds. The van der Waals surface area contributed by atoms with Crippen molar-refractivity contribution in [3.8, 4) is 5.75 Å². The Kier molecular flexibility index (Phi) is 10.8. The summed E-state index contributed by atoms with van der Waals surface area (Å²) in [6.07, 6.45) is 0.271. The SMILES string of the molecule is N[C@@H](Cc1ccc(O)cc1)C(=O)N(C(=O)C1Cc2ccccc2CN1)[C@@H](Cc1ccccc1)C(=O)N[C@@H](Cc1ccccc1)C(=O)O. The van der Waals surface area contributed by atoms with Gasteiger partial charge in [0.2, 0.25) is 17.7 Å². The molecule has 6 N–H and O–H groups in total. The highest BCUT2D eigenvalue weighted by Crippen LogP contribution is 2.21. The van der Waals surface area contributed by atoms with E-state index in [1.165, 1.54) is 12.1 Å². The first-order chi connectivity index (χ1) is 22.7. The first-order valence-electron chi connectivity index (χ1n) is 15.5. The van der Waals surface area contributed by atoms with Gasteiger partial charge in [0.15, 0.2) is 0 Å². The summed E-state index contributed by atoms with van der Waals surface area (Å²) in [6.45, 7) is 0.391. The average molecular weight is 635 g/mol. The summed E-state index contributed by atoms with van der Waals surface area (Å²) in [6, 6.07) is 26.9. The summed E-state index contributed by atoms with van der Waals surface area (Å²) >= 11 is 0. The van der Waals surface area contributed by atoms with Crippen LogP contribution in [0, 0.1) is 0 Å². The molecule has 1 aliphatic rings. The molecule has 0 saturated carbocycles. The number of rotatable bonds is 12. The van der Waals surface area contributed by atoms with E-state index in [2.05, 4.69) is 10.6 Å². The molecule has 5 rings (SSSR count). The standard InChI is InChI=1S/C37H38N4O6/c38-30(19-26-15-17-29(42)18-16-26)35(44)41(36(45)31-22-27-13-7-8-14-28(27)23-39-31)33(21-25-11-5-2-6-12-25)34(43)40-32(37(46)47)20-24-9-3-1-4-10-24/h1-18,30-33,39,42H,19-23,38H2,(H,40,43)(H,46,47)/t30-,31?,32-,33-/m0/s1. The predicted octanol–water partition coefficient (Wildman–Crippen LogP) is 2.76. The fourth-order valence-corrected chi connectivity index (χ4v) is 5.82. The molecule has 0 saturated heterocycles. The summed E-state index contributed by atoms with van der Waals surface area (Å²) in [5, 5.41) is 25.6. The number of nitrogens with one attached hydrogen (secondary N) is 2. The Labute approximate surface area is 273 Å². The highest BCUT2D eigenvalue weighted by atomic mass is 16.4. The largest absolute Gasteiger partial charge is 0.508 e. The van der Waals surface area contributed by atoms with Crippen LogP contribution < -0.4 is 16.4 Å². The van der Waals surface area contributed by atoms with Crippen LogP contribution in [0.25, 0.3) is 0 Å². The minimum Gasteiger partial charge on any atom is -0.508 e. The van der Waals surface area contributed by atoms with Crippen LogP contribution in [-0.4, -0.2) is 63.0 Å². The van der Waals surface area contributed by atoms with Gasteiger partial charge in [-0.05, 0) is 52.8 Å². The molecule has 1 heterocycles. The highest BCUT2D eigenvalue weighted by molar-refractivity contribution is 6.04. The van der Waals surface area contributed by atoms with Gasteiger partial charge in [-0.25, -0.2) is 4.79 Å². The van der Waals surface area contributed by atoms with Crippen molar-refractivity contribution in [1.82, 2.24) is 15.5 Å². The van der Waals surface area contributed by atoms with Gasteiger partial charge in [-0.2, -0.15) is 0 Å². The topological polar surface area (TPSA) is 162 Å². The molecule has 1 aliphatic heterocycles. The Bertz CT molecular complexity index is 1700. The second kappa shape index (κ2) is 15.3. The number of benzene rings is 4. The maximum atomic E-state index is 14.5. The second-order valence-corrected chi connectivity index (χ2v) is 11.7. The van der Waals surface area contributed by atoms with Gasteiger partial charge >= 0.3 is 5.97 Å². The van der Waals surface area contributed by atoms with Gasteiger partial charge in [-0.1, -0.05) is 97.1 Å². The number of phenolic OH excluding ortho intramolecular Hbond substituents is 1. The van der Waals surface area contributed by atoms with Gasteiger partial charge in [-0.3, -0.25) is 19.3 Å². The van der Waals surface area contributed by atoms with Crippen LogP contribution in [0.1, 0.15) is 27.8 Å². The number of nitrogens with two attached hydrogens (primary N) is 1. The molecule has 10 heteroatoms. The summed E-state index contributed by atoms with van der Waals surface area (Å²) in [5.41, 5.74) is 10.5. The maximum Gasteiger partial charge on any atom is 0.326 e. The Balaban J connectivity index is 1.50. The Morgan fingerprint density at radius 2 is 1.32 bits per heavy atom. The number of fused-ring (bicyclic) bond motifs is 1.